The Morgan fingerprint density at radius 2 is 2.13 bits per heavy atom. The van der Waals surface area contributed by atoms with Gasteiger partial charge in [0.1, 0.15) is 12.1 Å². The molecule has 1 amide bonds. The quantitative estimate of drug-likeness (QED) is 0.726. The van der Waals surface area contributed by atoms with Crippen molar-refractivity contribution in [2.75, 3.05) is 6.54 Å². The maximum Gasteiger partial charge on any atom is 0.404 e. The molecule has 0 atom stereocenters. The van der Waals surface area contributed by atoms with Gasteiger partial charge in [0.2, 0.25) is 5.88 Å². The number of hydrogen-bond acceptors (Lipinski definition) is 5. The van der Waals surface area contributed by atoms with E-state index < -0.39 is 6.09 Å². The third-order valence-corrected chi connectivity index (χ3v) is 3.14. The highest BCUT2D eigenvalue weighted by Crippen LogP contribution is 2.20. The van der Waals surface area contributed by atoms with Gasteiger partial charge in [0.25, 0.3) is 0 Å². The minimum Gasteiger partial charge on any atom is -0.473 e. The van der Waals surface area contributed by atoms with E-state index in [1.807, 2.05) is 30.3 Å². The van der Waals surface area contributed by atoms with Gasteiger partial charge in [-0.15, -0.1) is 0 Å². The van der Waals surface area contributed by atoms with Crippen LogP contribution < -0.4 is 10.1 Å². The Balaban J connectivity index is 1.65. The number of aromatic nitrogens is 2. The van der Waals surface area contributed by atoms with Gasteiger partial charge < -0.3 is 19.6 Å². The molecule has 0 aliphatic carbocycles. The monoisotopic (exact) mass is 313 g/mol. The van der Waals surface area contributed by atoms with Crippen molar-refractivity contribution < 1.29 is 19.1 Å². The molecule has 0 bridgehead atoms. The molecule has 0 spiro atoms. The summed E-state index contributed by atoms with van der Waals surface area (Å²) in [4.78, 5) is 18.8. The Bertz CT molecular complexity index is 801. The second kappa shape index (κ2) is 6.78. The first kappa shape index (κ1) is 14.8. The second-order valence-corrected chi connectivity index (χ2v) is 4.85. The summed E-state index contributed by atoms with van der Waals surface area (Å²) in [7, 11) is 0. The molecule has 3 aromatic rings. The number of nitrogens with one attached hydrogen (secondary N) is 1. The molecule has 23 heavy (non-hydrogen) atoms. The van der Waals surface area contributed by atoms with Crippen LogP contribution in [0.5, 0.6) is 5.88 Å². The minimum atomic E-state index is -1.07. The lowest BCUT2D eigenvalue weighted by molar-refractivity contribution is 0.194. The lowest BCUT2D eigenvalue weighted by Crippen LogP contribution is -2.23. The van der Waals surface area contributed by atoms with Crippen LogP contribution in [0.1, 0.15) is 11.5 Å². The summed E-state index contributed by atoms with van der Waals surface area (Å²) in [5.74, 6) is 0.906. The fraction of sp³-hybridized carbons (Fsp3) is 0.188. The largest absolute Gasteiger partial charge is 0.473 e. The smallest absolute Gasteiger partial charge is 0.404 e. The highest BCUT2D eigenvalue weighted by Gasteiger charge is 2.08. The van der Waals surface area contributed by atoms with Crippen LogP contribution in [0, 0.1) is 0 Å². The van der Waals surface area contributed by atoms with Gasteiger partial charge in [-0.3, -0.25) is 0 Å². The fourth-order valence-corrected chi connectivity index (χ4v) is 2.06. The Morgan fingerprint density at radius 1 is 1.30 bits per heavy atom. The van der Waals surface area contributed by atoms with Gasteiger partial charge in [-0.25, -0.2) is 14.8 Å². The van der Waals surface area contributed by atoms with E-state index in [1.165, 1.54) is 0 Å². The molecule has 2 heterocycles. The van der Waals surface area contributed by atoms with Crippen LogP contribution >= 0.6 is 0 Å². The average Bonchev–Trinajstić information content (AvgIpc) is 2.95. The van der Waals surface area contributed by atoms with Gasteiger partial charge in [-0.1, -0.05) is 30.3 Å². The van der Waals surface area contributed by atoms with Crippen LogP contribution in [0.25, 0.3) is 11.1 Å². The summed E-state index contributed by atoms with van der Waals surface area (Å²) >= 11 is 0. The van der Waals surface area contributed by atoms with Crippen molar-refractivity contribution in [2.45, 2.75) is 13.0 Å². The molecule has 0 unspecified atom stereocenters. The summed E-state index contributed by atoms with van der Waals surface area (Å²) in [5.41, 5.74) is 2.23. The van der Waals surface area contributed by atoms with E-state index in [2.05, 4.69) is 15.3 Å². The SMILES string of the molecule is O=C(O)NCCc1nc2cnc(OCc3ccccc3)cc2o1. The average molecular weight is 313 g/mol. The van der Waals surface area contributed by atoms with Crippen molar-refractivity contribution in [3.63, 3.8) is 0 Å². The molecule has 0 saturated carbocycles. The summed E-state index contributed by atoms with van der Waals surface area (Å²) in [5, 5.41) is 10.8. The van der Waals surface area contributed by atoms with Gasteiger partial charge >= 0.3 is 6.09 Å². The lowest BCUT2D eigenvalue weighted by Gasteiger charge is -2.04. The van der Waals surface area contributed by atoms with Crippen LogP contribution in [-0.4, -0.2) is 27.7 Å². The molecule has 2 N–H and O–H groups in total. The summed E-state index contributed by atoms with van der Waals surface area (Å²) in [6.07, 6.45) is 0.883. The van der Waals surface area contributed by atoms with Crippen molar-refractivity contribution in [2.24, 2.45) is 0 Å². The summed E-state index contributed by atoms with van der Waals surface area (Å²) in [6, 6.07) is 11.5. The zero-order valence-corrected chi connectivity index (χ0v) is 12.2. The van der Waals surface area contributed by atoms with Crippen LogP contribution in [0.3, 0.4) is 0 Å². The molecule has 7 heteroatoms. The number of oxazole rings is 1. The third-order valence-electron chi connectivity index (χ3n) is 3.14. The molecule has 7 nitrogen and oxygen atoms in total. The van der Waals surface area contributed by atoms with Crippen molar-refractivity contribution in [1.82, 2.24) is 15.3 Å². The van der Waals surface area contributed by atoms with Gasteiger partial charge in [0.15, 0.2) is 11.5 Å². The zero-order valence-electron chi connectivity index (χ0n) is 12.2. The van der Waals surface area contributed by atoms with Crippen molar-refractivity contribution in [3.8, 4) is 5.88 Å². The Morgan fingerprint density at radius 3 is 2.91 bits per heavy atom. The molecule has 0 aliphatic heterocycles. The van der Waals surface area contributed by atoms with E-state index >= 15 is 0 Å². The predicted octanol–water partition coefficient (Wildman–Crippen LogP) is 2.61. The first-order valence-corrected chi connectivity index (χ1v) is 7.10. The van der Waals surface area contributed by atoms with Crippen molar-refractivity contribution >= 4 is 17.2 Å². The topological polar surface area (TPSA) is 97.5 Å². The summed E-state index contributed by atoms with van der Waals surface area (Å²) in [6.45, 7) is 0.663. The first-order chi connectivity index (χ1) is 11.2. The highest BCUT2D eigenvalue weighted by molar-refractivity contribution is 5.72. The van der Waals surface area contributed by atoms with Crippen molar-refractivity contribution in [3.05, 3.63) is 54.0 Å². The van der Waals surface area contributed by atoms with E-state index in [-0.39, 0.29) is 6.54 Å². The number of carboxylic acid groups (broad SMARTS) is 1. The van der Waals surface area contributed by atoms with E-state index in [0.29, 0.717) is 35.9 Å². The van der Waals surface area contributed by atoms with E-state index in [9.17, 15) is 4.79 Å². The number of rotatable bonds is 6. The number of benzene rings is 1. The van der Waals surface area contributed by atoms with Crippen molar-refractivity contribution in [1.29, 1.82) is 0 Å². The van der Waals surface area contributed by atoms with Crippen LogP contribution in [0.15, 0.2) is 47.0 Å². The molecule has 1 aromatic carbocycles. The molecule has 0 fully saturated rings. The maximum absolute atomic E-state index is 10.4. The number of pyridine rings is 1. The molecule has 0 radical (unpaired) electrons. The van der Waals surface area contributed by atoms with E-state index in [1.54, 1.807) is 12.3 Å². The van der Waals surface area contributed by atoms with Gasteiger partial charge in [-0.05, 0) is 5.56 Å². The lowest BCUT2D eigenvalue weighted by atomic mass is 10.2. The molecular weight excluding hydrogens is 298 g/mol. The zero-order chi connectivity index (χ0) is 16.1. The molecule has 3 rings (SSSR count). The number of hydrogen-bond donors (Lipinski definition) is 2. The van der Waals surface area contributed by atoms with Gasteiger partial charge in [-0.2, -0.15) is 0 Å². The third kappa shape index (κ3) is 3.97. The van der Waals surface area contributed by atoms with Crippen LogP contribution in [0.4, 0.5) is 4.79 Å². The molecule has 0 aliphatic rings. The second-order valence-electron chi connectivity index (χ2n) is 4.85. The van der Waals surface area contributed by atoms with E-state index in [0.717, 1.165) is 5.56 Å². The highest BCUT2D eigenvalue weighted by atomic mass is 16.5. The van der Waals surface area contributed by atoms with Crippen LogP contribution in [-0.2, 0) is 13.0 Å². The molecule has 0 saturated heterocycles. The normalized spacial score (nSPS) is 10.6. The maximum atomic E-state index is 10.4. The molecule has 2 aromatic heterocycles. The number of nitrogens with zero attached hydrogens (tertiary/aromatic N) is 2. The Hall–Kier alpha value is -3.09. The van der Waals surface area contributed by atoms with E-state index in [4.69, 9.17) is 14.3 Å². The standard InChI is InChI=1S/C16H15N3O4/c20-16(21)17-7-6-14-19-12-9-18-15(8-13(12)23-14)22-10-11-4-2-1-3-5-11/h1-5,8-9,17H,6-7,10H2,(H,20,21). The number of fused-ring (bicyclic) bond motifs is 1. The number of carbonyl (C=O) groups is 1. The number of amides is 1. The molecular formula is C16H15N3O4. The van der Waals surface area contributed by atoms with Gasteiger partial charge in [0, 0.05) is 19.0 Å². The first-order valence-electron chi connectivity index (χ1n) is 7.10. The Labute approximate surface area is 131 Å². The molecule has 118 valence electrons. The van der Waals surface area contributed by atoms with Gasteiger partial charge in [0.05, 0.1) is 6.20 Å². The predicted molar refractivity (Wildman–Crippen MR) is 82.3 cm³/mol. The summed E-state index contributed by atoms with van der Waals surface area (Å²) < 4.78 is 11.2. The fourth-order valence-electron chi connectivity index (χ4n) is 2.06. The minimum absolute atomic E-state index is 0.243. The van der Waals surface area contributed by atoms with Crippen LogP contribution in [0.2, 0.25) is 0 Å². The number of ether oxygens (including phenoxy) is 1. The Kier molecular flexibility index (Phi) is 4.37.